The van der Waals surface area contributed by atoms with Crippen molar-refractivity contribution in [3.05, 3.63) is 29.8 Å². The van der Waals surface area contributed by atoms with E-state index >= 15 is 0 Å². The number of carboxylic acids is 1. The van der Waals surface area contributed by atoms with Crippen molar-refractivity contribution in [1.29, 1.82) is 0 Å². The average molecular weight is 289 g/mol. The molecule has 0 aliphatic rings. The molecule has 1 aromatic carbocycles. The lowest BCUT2D eigenvalue weighted by Crippen LogP contribution is -2.40. The second kappa shape index (κ2) is 5.77. The number of benzene rings is 1. The van der Waals surface area contributed by atoms with Gasteiger partial charge in [0.25, 0.3) is 0 Å². The van der Waals surface area contributed by atoms with E-state index in [1.54, 1.807) is 4.72 Å². The standard InChI is InChI=1S/C11H9F2NO4S/c1-2-3-9(11(15)16)14-19(17,18)10-6-7(12)4-5-8(10)13/h1,4-6,9,14H,3H2,(H,15,16). The highest BCUT2D eigenvalue weighted by Crippen LogP contribution is 2.16. The first-order valence-electron chi connectivity index (χ1n) is 4.91. The molecule has 19 heavy (non-hydrogen) atoms. The molecule has 2 N–H and O–H groups in total. The minimum Gasteiger partial charge on any atom is -0.480 e. The maximum absolute atomic E-state index is 13.3. The van der Waals surface area contributed by atoms with Gasteiger partial charge in [-0.2, -0.15) is 4.72 Å². The predicted octanol–water partition coefficient (Wildman–Crippen LogP) is 0.720. The molecule has 0 heterocycles. The van der Waals surface area contributed by atoms with Crippen LogP contribution in [-0.2, 0) is 14.8 Å². The number of rotatable bonds is 5. The Morgan fingerprint density at radius 1 is 1.47 bits per heavy atom. The van der Waals surface area contributed by atoms with Crippen LogP contribution in [-0.4, -0.2) is 25.5 Å². The molecule has 102 valence electrons. The zero-order valence-electron chi connectivity index (χ0n) is 9.43. The Labute approximate surface area is 108 Å². The van der Waals surface area contributed by atoms with Crippen LogP contribution in [0.3, 0.4) is 0 Å². The van der Waals surface area contributed by atoms with Crippen LogP contribution in [0, 0.1) is 24.0 Å². The summed E-state index contributed by atoms with van der Waals surface area (Å²) < 4.78 is 51.4. The molecule has 1 rings (SSSR count). The van der Waals surface area contributed by atoms with Crippen molar-refractivity contribution in [3.63, 3.8) is 0 Å². The number of hydrogen-bond donors (Lipinski definition) is 2. The smallest absolute Gasteiger partial charge is 0.322 e. The van der Waals surface area contributed by atoms with E-state index < -0.39 is 45.0 Å². The number of hydrogen-bond acceptors (Lipinski definition) is 3. The Morgan fingerprint density at radius 3 is 2.63 bits per heavy atom. The first-order valence-corrected chi connectivity index (χ1v) is 6.40. The van der Waals surface area contributed by atoms with Crippen LogP contribution in [0.4, 0.5) is 8.78 Å². The van der Waals surface area contributed by atoms with E-state index in [1.165, 1.54) is 0 Å². The molecule has 1 atom stereocenters. The zero-order valence-corrected chi connectivity index (χ0v) is 10.2. The van der Waals surface area contributed by atoms with Gasteiger partial charge < -0.3 is 5.11 Å². The molecule has 0 fully saturated rings. The molecule has 5 nitrogen and oxygen atoms in total. The van der Waals surface area contributed by atoms with E-state index in [0.717, 1.165) is 6.07 Å². The second-order valence-corrected chi connectivity index (χ2v) is 5.18. The van der Waals surface area contributed by atoms with Gasteiger partial charge in [0, 0.05) is 6.42 Å². The summed E-state index contributed by atoms with van der Waals surface area (Å²) in [5.41, 5.74) is 0. The van der Waals surface area contributed by atoms with E-state index in [2.05, 4.69) is 0 Å². The molecule has 0 aliphatic heterocycles. The molecular formula is C11H9F2NO4S. The van der Waals surface area contributed by atoms with Crippen LogP contribution in [0.25, 0.3) is 0 Å². The maximum Gasteiger partial charge on any atom is 0.322 e. The monoisotopic (exact) mass is 289 g/mol. The highest BCUT2D eigenvalue weighted by atomic mass is 32.2. The van der Waals surface area contributed by atoms with Crippen molar-refractivity contribution >= 4 is 16.0 Å². The van der Waals surface area contributed by atoms with Crippen molar-refractivity contribution in [3.8, 4) is 12.3 Å². The number of nitrogens with one attached hydrogen (secondary N) is 1. The third-order valence-electron chi connectivity index (χ3n) is 2.10. The van der Waals surface area contributed by atoms with E-state index in [1.807, 2.05) is 5.92 Å². The Kier molecular flexibility index (Phi) is 4.58. The molecule has 0 amide bonds. The number of sulfonamides is 1. The van der Waals surface area contributed by atoms with E-state index in [4.69, 9.17) is 11.5 Å². The minimum absolute atomic E-state index is 0.425. The summed E-state index contributed by atoms with van der Waals surface area (Å²) in [6.45, 7) is 0. The molecule has 0 aliphatic carbocycles. The van der Waals surface area contributed by atoms with Crippen LogP contribution in [0.2, 0.25) is 0 Å². The summed E-state index contributed by atoms with van der Waals surface area (Å²) in [6.07, 6.45) is 4.47. The molecule has 0 radical (unpaired) electrons. The maximum atomic E-state index is 13.3. The van der Waals surface area contributed by atoms with Gasteiger partial charge in [-0.1, -0.05) is 0 Å². The van der Waals surface area contributed by atoms with Crippen molar-refractivity contribution in [2.45, 2.75) is 17.4 Å². The van der Waals surface area contributed by atoms with Crippen LogP contribution < -0.4 is 4.72 Å². The summed E-state index contributed by atoms with van der Waals surface area (Å²) in [5, 5.41) is 8.75. The molecule has 1 unspecified atom stereocenters. The van der Waals surface area contributed by atoms with Crippen molar-refractivity contribution in [1.82, 2.24) is 4.72 Å². The summed E-state index contributed by atoms with van der Waals surface area (Å²) in [5.74, 6) is -1.70. The third-order valence-corrected chi connectivity index (χ3v) is 3.59. The second-order valence-electron chi connectivity index (χ2n) is 3.50. The highest BCUT2D eigenvalue weighted by molar-refractivity contribution is 7.89. The lowest BCUT2D eigenvalue weighted by atomic mass is 10.2. The number of aliphatic carboxylic acids is 1. The van der Waals surface area contributed by atoms with Gasteiger partial charge in [-0.25, -0.2) is 17.2 Å². The largest absolute Gasteiger partial charge is 0.480 e. The lowest BCUT2D eigenvalue weighted by Gasteiger charge is -2.12. The Balaban J connectivity index is 3.14. The van der Waals surface area contributed by atoms with Crippen LogP contribution >= 0.6 is 0 Å². The summed E-state index contributed by atoms with van der Waals surface area (Å²) in [4.78, 5) is 9.78. The summed E-state index contributed by atoms with van der Waals surface area (Å²) >= 11 is 0. The lowest BCUT2D eigenvalue weighted by molar-refractivity contribution is -0.138. The van der Waals surface area contributed by atoms with Crippen molar-refractivity contribution < 1.29 is 27.1 Å². The topological polar surface area (TPSA) is 83.5 Å². The summed E-state index contributed by atoms with van der Waals surface area (Å²) in [7, 11) is -4.52. The van der Waals surface area contributed by atoms with E-state index in [0.29, 0.717) is 12.1 Å². The Hall–Kier alpha value is -1.98. The van der Waals surface area contributed by atoms with Crippen LogP contribution in [0.15, 0.2) is 23.1 Å². The van der Waals surface area contributed by atoms with Gasteiger partial charge in [0.2, 0.25) is 10.0 Å². The molecule has 8 heteroatoms. The molecule has 0 spiro atoms. The third kappa shape index (κ3) is 3.74. The van der Waals surface area contributed by atoms with Gasteiger partial charge in [-0.15, -0.1) is 12.3 Å². The number of halogens is 2. The molecule has 1 aromatic rings. The fourth-order valence-electron chi connectivity index (χ4n) is 1.23. The fourth-order valence-corrected chi connectivity index (χ4v) is 2.51. The zero-order chi connectivity index (χ0) is 14.6. The predicted molar refractivity (Wildman–Crippen MR) is 61.6 cm³/mol. The minimum atomic E-state index is -4.52. The number of terminal acetylenes is 1. The first-order chi connectivity index (χ1) is 8.77. The number of carboxylic acid groups (broad SMARTS) is 1. The van der Waals surface area contributed by atoms with Crippen molar-refractivity contribution in [2.24, 2.45) is 0 Å². The summed E-state index contributed by atoms with van der Waals surface area (Å²) in [6, 6.07) is 0.204. The van der Waals surface area contributed by atoms with Gasteiger partial charge >= 0.3 is 5.97 Å². The fraction of sp³-hybridized carbons (Fsp3) is 0.182. The molecule has 0 saturated heterocycles. The van der Waals surface area contributed by atoms with Gasteiger partial charge in [0.15, 0.2) is 0 Å². The van der Waals surface area contributed by atoms with Gasteiger partial charge in [0.1, 0.15) is 22.6 Å². The van der Waals surface area contributed by atoms with Crippen molar-refractivity contribution in [2.75, 3.05) is 0 Å². The highest BCUT2D eigenvalue weighted by Gasteiger charge is 2.27. The van der Waals surface area contributed by atoms with Gasteiger partial charge in [-0.05, 0) is 18.2 Å². The van der Waals surface area contributed by atoms with Gasteiger partial charge in [-0.3, -0.25) is 4.79 Å². The Bertz CT molecular complexity index is 637. The molecular weight excluding hydrogens is 280 g/mol. The normalized spacial score (nSPS) is 12.7. The van der Waals surface area contributed by atoms with Crippen LogP contribution in [0.5, 0.6) is 0 Å². The van der Waals surface area contributed by atoms with E-state index in [9.17, 15) is 22.0 Å². The molecule has 0 bridgehead atoms. The Morgan fingerprint density at radius 2 is 2.11 bits per heavy atom. The SMILES string of the molecule is C#CCC(NS(=O)(=O)c1cc(F)ccc1F)C(=O)O. The average Bonchev–Trinajstić information content (AvgIpc) is 2.31. The van der Waals surface area contributed by atoms with Crippen LogP contribution in [0.1, 0.15) is 6.42 Å². The quantitative estimate of drug-likeness (QED) is 0.782. The first kappa shape index (κ1) is 15.1. The molecule has 0 saturated carbocycles. The number of carbonyl (C=O) groups is 1. The molecule has 0 aromatic heterocycles. The van der Waals surface area contributed by atoms with Gasteiger partial charge in [0.05, 0.1) is 0 Å². The van der Waals surface area contributed by atoms with E-state index in [-0.39, 0.29) is 0 Å².